The molecule has 1 amide bonds. The SMILES string of the molecule is CC(C)C(C)Nc1nc(Cl)ncc1C(N)=O. The minimum Gasteiger partial charge on any atom is -0.367 e. The van der Waals surface area contributed by atoms with Gasteiger partial charge in [0.2, 0.25) is 5.28 Å². The molecule has 16 heavy (non-hydrogen) atoms. The number of halogens is 1. The number of nitrogens with zero attached hydrogens (tertiary/aromatic N) is 2. The van der Waals surface area contributed by atoms with Gasteiger partial charge in [0, 0.05) is 12.2 Å². The van der Waals surface area contributed by atoms with E-state index in [1.807, 2.05) is 6.92 Å². The van der Waals surface area contributed by atoms with Crippen LogP contribution in [0.15, 0.2) is 6.20 Å². The van der Waals surface area contributed by atoms with Crippen LogP contribution in [0.4, 0.5) is 5.82 Å². The van der Waals surface area contributed by atoms with Crippen molar-refractivity contribution >= 4 is 23.3 Å². The molecule has 0 saturated heterocycles. The average molecular weight is 243 g/mol. The number of rotatable bonds is 4. The molecule has 1 heterocycles. The zero-order valence-corrected chi connectivity index (χ0v) is 10.2. The molecule has 6 heteroatoms. The lowest BCUT2D eigenvalue weighted by Crippen LogP contribution is -2.25. The van der Waals surface area contributed by atoms with Crippen LogP contribution in [0.5, 0.6) is 0 Å². The largest absolute Gasteiger partial charge is 0.367 e. The predicted molar refractivity (Wildman–Crippen MR) is 63.5 cm³/mol. The van der Waals surface area contributed by atoms with E-state index in [9.17, 15) is 4.79 Å². The fourth-order valence-corrected chi connectivity index (χ4v) is 1.17. The Bertz CT molecular complexity index is 394. The van der Waals surface area contributed by atoms with Gasteiger partial charge in [-0.3, -0.25) is 4.79 Å². The molecule has 0 aliphatic carbocycles. The number of nitrogens with two attached hydrogens (primary N) is 1. The fourth-order valence-electron chi connectivity index (χ4n) is 1.03. The average Bonchev–Trinajstić information content (AvgIpc) is 2.16. The Hall–Kier alpha value is -1.36. The van der Waals surface area contributed by atoms with Crippen LogP contribution in [0, 0.1) is 5.92 Å². The maximum absolute atomic E-state index is 11.1. The molecule has 0 saturated carbocycles. The molecule has 1 aromatic heterocycles. The summed E-state index contributed by atoms with van der Waals surface area (Å²) in [6, 6.07) is 0.157. The van der Waals surface area contributed by atoms with Crippen molar-refractivity contribution in [3.8, 4) is 0 Å². The number of carbonyl (C=O) groups is 1. The molecule has 0 bridgehead atoms. The summed E-state index contributed by atoms with van der Waals surface area (Å²) >= 11 is 5.67. The maximum Gasteiger partial charge on any atom is 0.254 e. The van der Waals surface area contributed by atoms with E-state index in [-0.39, 0.29) is 16.9 Å². The summed E-state index contributed by atoms with van der Waals surface area (Å²) in [7, 11) is 0. The fraction of sp³-hybridized carbons (Fsp3) is 0.500. The number of aromatic nitrogens is 2. The highest BCUT2D eigenvalue weighted by molar-refractivity contribution is 6.28. The Morgan fingerprint density at radius 1 is 1.50 bits per heavy atom. The molecule has 88 valence electrons. The molecule has 1 rings (SSSR count). The molecule has 0 aliphatic rings. The molecule has 0 fully saturated rings. The van der Waals surface area contributed by atoms with Crippen molar-refractivity contribution in [1.82, 2.24) is 9.97 Å². The molecular weight excluding hydrogens is 228 g/mol. The van der Waals surface area contributed by atoms with E-state index in [0.29, 0.717) is 11.7 Å². The molecule has 1 unspecified atom stereocenters. The van der Waals surface area contributed by atoms with E-state index in [4.69, 9.17) is 17.3 Å². The monoisotopic (exact) mass is 242 g/mol. The van der Waals surface area contributed by atoms with Crippen molar-refractivity contribution in [3.05, 3.63) is 17.0 Å². The standard InChI is InChI=1S/C10H15ClN4O/c1-5(2)6(3)14-9-7(8(12)16)4-13-10(11)15-9/h4-6H,1-3H3,(H2,12,16)(H,13,14,15). The van der Waals surface area contributed by atoms with Gasteiger partial charge in [-0.2, -0.15) is 4.98 Å². The summed E-state index contributed by atoms with van der Waals surface area (Å²) in [5, 5.41) is 3.18. The van der Waals surface area contributed by atoms with Crippen LogP contribution in [0.25, 0.3) is 0 Å². The lowest BCUT2D eigenvalue weighted by atomic mass is 10.1. The molecule has 1 atom stereocenters. The number of primary amides is 1. The van der Waals surface area contributed by atoms with E-state index >= 15 is 0 Å². The van der Waals surface area contributed by atoms with Crippen LogP contribution >= 0.6 is 11.6 Å². The van der Waals surface area contributed by atoms with Crippen molar-refractivity contribution < 1.29 is 4.79 Å². The minimum atomic E-state index is -0.574. The summed E-state index contributed by atoms with van der Waals surface area (Å²) in [4.78, 5) is 18.8. The Kier molecular flexibility index (Phi) is 4.06. The first kappa shape index (κ1) is 12.7. The predicted octanol–water partition coefficient (Wildman–Crippen LogP) is 1.69. The molecule has 3 N–H and O–H groups in total. The second-order valence-electron chi connectivity index (χ2n) is 3.94. The topological polar surface area (TPSA) is 80.9 Å². The van der Waals surface area contributed by atoms with Crippen LogP contribution in [0.2, 0.25) is 5.28 Å². The first-order valence-electron chi connectivity index (χ1n) is 5.00. The summed E-state index contributed by atoms with van der Waals surface area (Å²) in [6.07, 6.45) is 1.33. The van der Waals surface area contributed by atoms with Gasteiger partial charge in [0.1, 0.15) is 5.82 Å². The first-order valence-corrected chi connectivity index (χ1v) is 5.38. The lowest BCUT2D eigenvalue weighted by Gasteiger charge is -2.19. The van der Waals surface area contributed by atoms with Gasteiger partial charge in [-0.25, -0.2) is 4.98 Å². The Balaban J connectivity index is 3.01. The van der Waals surface area contributed by atoms with Crippen LogP contribution in [0.1, 0.15) is 31.1 Å². The molecule has 5 nitrogen and oxygen atoms in total. The smallest absolute Gasteiger partial charge is 0.254 e. The number of amides is 1. The normalized spacial score (nSPS) is 12.6. The third kappa shape index (κ3) is 3.06. The van der Waals surface area contributed by atoms with Crippen LogP contribution in [0.3, 0.4) is 0 Å². The number of hydrogen-bond acceptors (Lipinski definition) is 4. The van der Waals surface area contributed by atoms with Gasteiger partial charge in [-0.05, 0) is 24.4 Å². The van der Waals surface area contributed by atoms with E-state index in [2.05, 4.69) is 29.1 Å². The molecule has 0 spiro atoms. The summed E-state index contributed by atoms with van der Waals surface area (Å²) in [5.41, 5.74) is 5.46. The zero-order chi connectivity index (χ0) is 12.3. The van der Waals surface area contributed by atoms with Gasteiger partial charge in [0.15, 0.2) is 0 Å². The Morgan fingerprint density at radius 3 is 2.62 bits per heavy atom. The van der Waals surface area contributed by atoms with E-state index in [0.717, 1.165) is 0 Å². The highest BCUT2D eigenvalue weighted by Crippen LogP contribution is 2.16. The molecule has 0 radical (unpaired) electrons. The lowest BCUT2D eigenvalue weighted by molar-refractivity contribution is 0.100. The Labute approximate surface area is 99.4 Å². The van der Waals surface area contributed by atoms with E-state index < -0.39 is 5.91 Å². The number of nitrogens with one attached hydrogen (secondary N) is 1. The van der Waals surface area contributed by atoms with Gasteiger partial charge >= 0.3 is 0 Å². The second kappa shape index (κ2) is 5.12. The highest BCUT2D eigenvalue weighted by Gasteiger charge is 2.15. The zero-order valence-electron chi connectivity index (χ0n) is 9.49. The number of anilines is 1. The van der Waals surface area contributed by atoms with Gasteiger partial charge in [0.25, 0.3) is 5.91 Å². The molecule has 0 aromatic carbocycles. The van der Waals surface area contributed by atoms with E-state index in [1.54, 1.807) is 0 Å². The third-order valence-corrected chi connectivity index (χ3v) is 2.57. The van der Waals surface area contributed by atoms with Gasteiger partial charge in [-0.1, -0.05) is 13.8 Å². The van der Waals surface area contributed by atoms with Gasteiger partial charge < -0.3 is 11.1 Å². The summed E-state index contributed by atoms with van der Waals surface area (Å²) < 4.78 is 0. The number of hydrogen-bond donors (Lipinski definition) is 2. The quantitative estimate of drug-likeness (QED) is 0.788. The van der Waals surface area contributed by atoms with Crippen molar-refractivity contribution in [3.63, 3.8) is 0 Å². The Morgan fingerprint density at radius 2 is 2.12 bits per heavy atom. The summed E-state index contributed by atoms with van der Waals surface area (Å²) in [5.74, 6) is 0.207. The van der Waals surface area contributed by atoms with Gasteiger partial charge in [-0.15, -0.1) is 0 Å². The van der Waals surface area contributed by atoms with E-state index in [1.165, 1.54) is 6.20 Å². The molecular formula is C10H15ClN4O. The third-order valence-electron chi connectivity index (χ3n) is 2.39. The van der Waals surface area contributed by atoms with Crippen molar-refractivity contribution in [2.24, 2.45) is 11.7 Å². The highest BCUT2D eigenvalue weighted by atomic mass is 35.5. The number of carbonyl (C=O) groups excluding carboxylic acids is 1. The first-order chi connectivity index (χ1) is 7.41. The van der Waals surface area contributed by atoms with Gasteiger partial charge in [0.05, 0.1) is 5.56 Å². The van der Waals surface area contributed by atoms with Crippen LogP contribution < -0.4 is 11.1 Å². The van der Waals surface area contributed by atoms with Crippen LogP contribution in [-0.4, -0.2) is 21.9 Å². The van der Waals surface area contributed by atoms with Crippen molar-refractivity contribution in [1.29, 1.82) is 0 Å². The maximum atomic E-state index is 11.1. The summed E-state index contributed by atoms with van der Waals surface area (Å²) in [6.45, 7) is 6.11. The molecule has 0 aliphatic heterocycles. The minimum absolute atomic E-state index is 0.0865. The van der Waals surface area contributed by atoms with Crippen LogP contribution in [-0.2, 0) is 0 Å². The van der Waals surface area contributed by atoms with Crippen molar-refractivity contribution in [2.75, 3.05) is 5.32 Å². The second-order valence-corrected chi connectivity index (χ2v) is 4.28. The van der Waals surface area contributed by atoms with Crippen molar-refractivity contribution in [2.45, 2.75) is 26.8 Å². The molecule has 1 aromatic rings.